The van der Waals surface area contributed by atoms with Crippen molar-refractivity contribution in [1.82, 2.24) is 0 Å². The Labute approximate surface area is 132 Å². The number of carboxylic acids is 1. The second-order valence-corrected chi connectivity index (χ2v) is 5.21. The molecule has 23 heavy (non-hydrogen) atoms. The van der Waals surface area contributed by atoms with Gasteiger partial charge in [-0.1, -0.05) is 36.4 Å². The van der Waals surface area contributed by atoms with Gasteiger partial charge in [-0.15, -0.1) is 0 Å². The lowest BCUT2D eigenvalue weighted by atomic mass is 10.0. The van der Waals surface area contributed by atoms with Crippen LogP contribution in [0, 0.1) is 0 Å². The third kappa shape index (κ3) is 2.76. The summed E-state index contributed by atoms with van der Waals surface area (Å²) < 4.78 is 1.91. The Morgan fingerprint density at radius 2 is 1.70 bits per heavy atom. The standard InChI is InChI=1S/C18H14N2O3/c19-17(21)13-7-4-8-15-16(13)14(18(22)23)9-10-20(15)11-12-5-2-1-3-6-12/h1-10H,11H2,(H2-,19,21,22,23)/p+1. The van der Waals surface area contributed by atoms with Gasteiger partial charge in [0.1, 0.15) is 0 Å². The highest BCUT2D eigenvalue weighted by Crippen LogP contribution is 2.20. The quantitative estimate of drug-likeness (QED) is 0.723. The second kappa shape index (κ2) is 5.88. The number of nitrogens with zero attached hydrogens (tertiary/aromatic N) is 1. The van der Waals surface area contributed by atoms with Crippen LogP contribution in [0.4, 0.5) is 0 Å². The van der Waals surface area contributed by atoms with E-state index in [1.165, 1.54) is 6.07 Å². The Bertz CT molecular complexity index is 885. The van der Waals surface area contributed by atoms with Gasteiger partial charge in [-0.2, -0.15) is 4.57 Å². The first-order valence-electron chi connectivity index (χ1n) is 7.10. The number of hydrogen-bond donors (Lipinski definition) is 2. The van der Waals surface area contributed by atoms with E-state index < -0.39 is 11.9 Å². The molecule has 0 aliphatic carbocycles. The van der Waals surface area contributed by atoms with Gasteiger partial charge in [-0.25, -0.2) is 4.79 Å². The van der Waals surface area contributed by atoms with Crippen LogP contribution in [-0.2, 0) is 6.54 Å². The van der Waals surface area contributed by atoms with E-state index >= 15 is 0 Å². The van der Waals surface area contributed by atoms with Gasteiger partial charge >= 0.3 is 5.97 Å². The van der Waals surface area contributed by atoms with E-state index in [1.807, 2.05) is 34.9 Å². The number of rotatable bonds is 4. The Morgan fingerprint density at radius 3 is 2.35 bits per heavy atom. The van der Waals surface area contributed by atoms with Crippen LogP contribution in [0.3, 0.4) is 0 Å². The van der Waals surface area contributed by atoms with E-state index in [0.717, 1.165) is 5.56 Å². The molecule has 3 rings (SSSR count). The van der Waals surface area contributed by atoms with Crippen molar-refractivity contribution in [3.8, 4) is 0 Å². The predicted molar refractivity (Wildman–Crippen MR) is 85.2 cm³/mol. The lowest BCUT2D eigenvalue weighted by molar-refractivity contribution is -0.662. The number of benzene rings is 2. The minimum Gasteiger partial charge on any atom is -0.478 e. The van der Waals surface area contributed by atoms with Crippen LogP contribution in [0.25, 0.3) is 10.9 Å². The summed E-state index contributed by atoms with van der Waals surface area (Å²) in [5.74, 6) is -1.73. The van der Waals surface area contributed by atoms with E-state index in [4.69, 9.17) is 5.73 Å². The van der Waals surface area contributed by atoms with Crippen molar-refractivity contribution in [2.45, 2.75) is 6.54 Å². The number of aromatic carboxylic acids is 1. The molecule has 3 aromatic rings. The van der Waals surface area contributed by atoms with Gasteiger partial charge in [0.05, 0.1) is 16.5 Å². The zero-order valence-corrected chi connectivity index (χ0v) is 12.3. The molecule has 0 unspecified atom stereocenters. The largest absolute Gasteiger partial charge is 0.478 e. The van der Waals surface area contributed by atoms with Gasteiger partial charge in [0.25, 0.3) is 0 Å². The average Bonchev–Trinajstić information content (AvgIpc) is 2.55. The van der Waals surface area contributed by atoms with Crippen LogP contribution in [-0.4, -0.2) is 17.0 Å². The van der Waals surface area contributed by atoms with Crippen LogP contribution >= 0.6 is 0 Å². The number of fused-ring (bicyclic) bond motifs is 1. The fraction of sp³-hybridized carbons (Fsp3) is 0.0556. The van der Waals surface area contributed by atoms with E-state index in [1.54, 1.807) is 24.4 Å². The molecule has 0 saturated carbocycles. The van der Waals surface area contributed by atoms with Crippen molar-refractivity contribution in [2.75, 3.05) is 0 Å². The molecule has 0 bridgehead atoms. The van der Waals surface area contributed by atoms with Gasteiger partial charge < -0.3 is 10.8 Å². The molecule has 1 aromatic heterocycles. The lowest BCUT2D eigenvalue weighted by Crippen LogP contribution is -2.35. The Hall–Kier alpha value is -3.21. The highest BCUT2D eigenvalue weighted by molar-refractivity contribution is 6.12. The molecule has 0 atom stereocenters. The fourth-order valence-electron chi connectivity index (χ4n) is 2.69. The molecule has 5 nitrogen and oxygen atoms in total. The summed E-state index contributed by atoms with van der Waals surface area (Å²) in [6.45, 7) is 0.569. The summed E-state index contributed by atoms with van der Waals surface area (Å²) in [6.07, 6.45) is 1.71. The van der Waals surface area contributed by atoms with Crippen LogP contribution in [0.15, 0.2) is 60.8 Å². The van der Waals surface area contributed by atoms with Crippen molar-refractivity contribution in [1.29, 1.82) is 0 Å². The molecular weight excluding hydrogens is 292 g/mol. The Kier molecular flexibility index (Phi) is 3.76. The number of hydrogen-bond acceptors (Lipinski definition) is 2. The van der Waals surface area contributed by atoms with Crippen molar-refractivity contribution in [3.05, 3.63) is 77.5 Å². The molecule has 1 amide bonds. The highest BCUT2D eigenvalue weighted by Gasteiger charge is 2.21. The molecule has 0 saturated heterocycles. The Balaban J connectivity index is 2.25. The van der Waals surface area contributed by atoms with Gasteiger partial charge in [-0.05, 0) is 6.07 Å². The molecule has 114 valence electrons. The number of carbonyl (C=O) groups is 2. The van der Waals surface area contributed by atoms with Crippen LogP contribution in [0.1, 0.15) is 26.3 Å². The van der Waals surface area contributed by atoms with E-state index in [9.17, 15) is 14.7 Å². The molecule has 0 aliphatic rings. The third-order valence-electron chi connectivity index (χ3n) is 3.73. The van der Waals surface area contributed by atoms with Crippen molar-refractivity contribution < 1.29 is 19.3 Å². The van der Waals surface area contributed by atoms with Crippen LogP contribution in [0.2, 0.25) is 0 Å². The number of pyridine rings is 1. The number of carbonyl (C=O) groups excluding carboxylic acids is 1. The minimum absolute atomic E-state index is 0.0683. The maximum Gasteiger partial charge on any atom is 0.336 e. The number of aromatic nitrogens is 1. The number of nitrogens with two attached hydrogens (primary N) is 1. The van der Waals surface area contributed by atoms with Crippen molar-refractivity contribution in [3.63, 3.8) is 0 Å². The van der Waals surface area contributed by atoms with Crippen LogP contribution < -0.4 is 10.3 Å². The summed E-state index contributed by atoms with van der Waals surface area (Å²) in [7, 11) is 0. The summed E-state index contributed by atoms with van der Waals surface area (Å²) in [5.41, 5.74) is 7.42. The van der Waals surface area contributed by atoms with Gasteiger partial charge in [0.2, 0.25) is 11.4 Å². The van der Waals surface area contributed by atoms with Crippen molar-refractivity contribution >= 4 is 22.8 Å². The summed E-state index contributed by atoms with van der Waals surface area (Å²) in [5, 5.41) is 9.77. The maximum absolute atomic E-state index is 11.7. The van der Waals surface area contributed by atoms with Gasteiger partial charge in [0, 0.05) is 17.7 Å². The average molecular weight is 307 g/mol. The lowest BCUT2D eigenvalue weighted by Gasteiger charge is -2.07. The Morgan fingerprint density at radius 1 is 0.957 bits per heavy atom. The molecular formula is C18H15N2O3+. The summed E-state index contributed by atoms with van der Waals surface area (Å²) in [6, 6.07) is 16.3. The van der Waals surface area contributed by atoms with Crippen LogP contribution in [0.5, 0.6) is 0 Å². The first kappa shape index (κ1) is 14.7. The SMILES string of the molecule is NC(=O)c1cccc2c1c(C(=O)O)cc[n+]2Cc1ccccc1. The fourth-order valence-corrected chi connectivity index (χ4v) is 2.69. The van der Waals surface area contributed by atoms with Crippen molar-refractivity contribution in [2.24, 2.45) is 5.73 Å². The number of carboxylic acid groups (broad SMARTS) is 1. The topological polar surface area (TPSA) is 84.3 Å². The predicted octanol–water partition coefficient (Wildman–Crippen LogP) is 1.97. The maximum atomic E-state index is 11.7. The smallest absolute Gasteiger partial charge is 0.336 e. The normalized spacial score (nSPS) is 10.6. The molecule has 0 aliphatic heterocycles. The van der Waals surface area contributed by atoms with E-state index in [2.05, 4.69) is 0 Å². The molecule has 2 aromatic carbocycles. The number of amides is 1. The summed E-state index contributed by atoms with van der Waals surface area (Å²) >= 11 is 0. The molecule has 0 radical (unpaired) electrons. The van der Waals surface area contributed by atoms with Gasteiger partial charge in [-0.3, -0.25) is 4.79 Å². The third-order valence-corrected chi connectivity index (χ3v) is 3.73. The van der Waals surface area contributed by atoms with Gasteiger partial charge in [0.15, 0.2) is 12.7 Å². The molecule has 5 heteroatoms. The van der Waals surface area contributed by atoms with E-state index in [-0.39, 0.29) is 11.1 Å². The zero-order valence-electron chi connectivity index (χ0n) is 12.3. The summed E-state index contributed by atoms with van der Waals surface area (Å²) in [4.78, 5) is 23.2. The first-order valence-corrected chi connectivity index (χ1v) is 7.10. The second-order valence-electron chi connectivity index (χ2n) is 5.21. The first-order chi connectivity index (χ1) is 11.1. The molecule has 3 N–H and O–H groups in total. The monoisotopic (exact) mass is 307 g/mol. The molecule has 0 spiro atoms. The zero-order chi connectivity index (χ0) is 16.4. The molecule has 0 fully saturated rings. The number of primary amides is 1. The molecule has 1 heterocycles. The highest BCUT2D eigenvalue weighted by atomic mass is 16.4. The minimum atomic E-state index is -1.09. The van der Waals surface area contributed by atoms with E-state index in [0.29, 0.717) is 17.4 Å².